The molecule has 39 heavy (non-hydrogen) atoms. The summed E-state index contributed by atoms with van der Waals surface area (Å²) in [4.78, 5) is 44.2. The Hall–Kier alpha value is -2.49. The molecule has 7 nitrogen and oxygen atoms in total. The van der Waals surface area contributed by atoms with Crippen LogP contribution in [0.25, 0.3) is 0 Å². The second-order valence-electron chi connectivity index (χ2n) is 11.4. The molecule has 3 rings (SSSR count). The van der Waals surface area contributed by atoms with Gasteiger partial charge in [0.25, 0.3) is 0 Å². The van der Waals surface area contributed by atoms with Gasteiger partial charge in [0, 0.05) is 22.1 Å². The van der Waals surface area contributed by atoms with Crippen LogP contribution in [0.2, 0.25) is 0 Å². The number of carbonyl (C=O) groups is 3. The Morgan fingerprint density at radius 1 is 1.05 bits per heavy atom. The Morgan fingerprint density at radius 2 is 1.74 bits per heavy atom. The van der Waals surface area contributed by atoms with Crippen LogP contribution in [0.4, 0.5) is 0 Å². The van der Waals surface area contributed by atoms with Gasteiger partial charge in [0.2, 0.25) is 17.7 Å². The highest BCUT2D eigenvalue weighted by atomic mass is 32.2. The predicted molar refractivity (Wildman–Crippen MR) is 161 cm³/mol. The molecule has 212 valence electrons. The fourth-order valence-electron chi connectivity index (χ4n) is 4.67. The molecule has 1 heterocycles. The molecule has 1 saturated heterocycles. The molecule has 0 aliphatic carbocycles. The molecule has 1 fully saturated rings. The summed E-state index contributed by atoms with van der Waals surface area (Å²) >= 11 is 6.15. The highest BCUT2D eigenvalue weighted by molar-refractivity contribution is 7.99. The molecule has 0 bridgehead atoms. The highest BCUT2D eigenvalue weighted by Crippen LogP contribution is 2.33. The Bertz CT molecular complexity index is 1140. The van der Waals surface area contributed by atoms with E-state index in [0.29, 0.717) is 13.0 Å². The molecule has 0 saturated carbocycles. The highest BCUT2D eigenvalue weighted by Gasteiger charge is 2.45. The number of carbonyl (C=O) groups excluding carboxylic acids is 3. The van der Waals surface area contributed by atoms with Crippen LogP contribution in [0.1, 0.15) is 52.6 Å². The van der Waals surface area contributed by atoms with Crippen LogP contribution in [0.3, 0.4) is 0 Å². The van der Waals surface area contributed by atoms with Crippen molar-refractivity contribution in [2.75, 3.05) is 19.3 Å². The number of nitrogens with one attached hydrogen (secondary N) is 3. The van der Waals surface area contributed by atoms with Crippen LogP contribution in [0.5, 0.6) is 0 Å². The zero-order valence-corrected chi connectivity index (χ0v) is 25.4. The third kappa shape index (κ3) is 8.50. The lowest BCUT2D eigenvalue weighted by atomic mass is 9.85. The van der Waals surface area contributed by atoms with Gasteiger partial charge in [-0.1, -0.05) is 57.2 Å². The first-order valence-electron chi connectivity index (χ1n) is 13.5. The number of likely N-dealkylation sites (tertiary alicyclic amines) is 1. The lowest BCUT2D eigenvalue weighted by molar-refractivity contribution is -0.144. The van der Waals surface area contributed by atoms with E-state index >= 15 is 0 Å². The van der Waals surface area contributed by atoms with Crippen molar-refractivity contribution in [1.82, 2.24) is 20.9 Å². The number of thioether (sulfide) groups is 1. The molecule has 3 N–H and O–H groups in total. The van der Waals surface area contributed by atoms with Gasteiger partial charge >= 0.3 is 0 Å². The van der Waals surface area contributed by atoms with Gasteiger partial charge in [-0.15, -0.1) is 24.4 Å². The number of amides is 3. The molecule has 0 aromatic heterocycles. The molecule has 0 spiro atoms. The summed E-state index contributed by atoms with van der Waals surface area (Å²) in [5, 5.41) is 9.00. The molecule has 0 unspecified atom stereocenters. The summed E-state index contributed by atoms with van der Waals surface area (Å²) in [5.41, 5.74) is 0.458. The van der Waals surface area contributed by atoms with Crippen molar-refractivity contribution in [3.05, 3.63) is 60.2 Å². The van der Waals surface area contributed by atoms with E-state index in [1.165, 1.54) is 0 Å². The first-order valence-corrected chi connectivity index (χ1v) is 14.9. The summed E-state index contributed by atoms with van der Waals surface area (Å²) < 4.78 is 0. The van der Waals surface area contributed by atoms with Crippen LogP contribution in [-0.2, 0) is 14.4 Å². The molecule has 2 aromatic rings. The topological polar surface area (TPSA) is 90.5 Å². The van der Waals surface area contributed by atoms with E-state index in [0.717, 1.165) is 21.1 Å². The minimum absolute atomic E-state index is 0.123. The van der Waals surface area contributed by atoms with Gasteiger partial charge in [-0.2, -0.15) is 0 Å². The van der Waals surface area contributed by atoms with Crippen LogP contribution >= 0.6 is 24.4 Å². The molecule has 5 atom stereocenters. The molecule has 1 aliphatic rings. The monoisotopic (exact) mass is 570 g/mol. The zero-order valence-electron chi connectivity index (χ0n) is 23.7. The quantitative estimate of drug-likeness (QED) is 0.253. The number of nitrogens with zero attached hydrogens (tertiary/aromatic N) is 1. The third-order valence-corrected chi connectivity index (χ3v) is 8.66. The number of thiol groups is 1. The average Bonchev–Trinajstić information content (AvgIpc) is 3.34. The van der Waals surface area contributed by atoms with Crippen LogP contribution in [0, 0.1) is 11.3 Å². The normalized spacial score (nSPS) is 19.7. The van der Waals surface area contributed by atoms with Crippen molar-refractivity contribution in [3.8, 4) is 0 Å². The van der Waals surface area contributed by atoms with Gasteiger partial charge in [-0.25, -0.2) is 0 Å². The molecule has 3 amide bonds. The molecular formula is C30H42N4O3S2. The van der Waals surface area contributed by atoms with Gasteiger partial charge in [0.05, 0.1) is 12.1 Å². The number of likely N-dealkylation sites (N-methyl/N-ethyl adjacent to an activating group) is 1. The van der Waals surface area contributed by atoms with Crippen molar-refractivity contribution in [3.63, 3.8) is 0 Å². The molecule has 2 aromatic carbocycles. The van der Waals surface area contributed by atoms with Crippen LogP contribution in [0.15, 0.2) is 64.4 Å². The summed E-state index contributed by atoms with van der Waals surface area (Å²) in [7, 11) is 1.71. The van der Waals surface area contributed by atoms with E-state index in [2.05, 4.69) is 28.6 Å². The SMILES string of the molecule is CN[C@@H](C)C(=O)N[C@H](C(=O)N1C[C@@H](CSc2cccc(S)c2)C[C@H]1C(=O)N[C@H](C)c1ccccc1)C(C)(C)C. The minimum atomic E-state index is -0.769. The van der Waals surface area contributed by atoms with Gasteiger partial charge in [0.15, 0.2) is 0 Å². The Labute approximate surface area is 242 Å². The standard InChI is InChI=1S/C30H42N4O3S2/c1-19(22-11-8-7-9-12-22)32-28(36)25-15-21(18-39-24-14-10-13-23(38)16-24)17-34(25)29(37)26(30(3,4)5)33-27(35)20(2)31-6/h7-14,16,19-21,25-26,31,38H,15,17-18H2,1-6H3,(H,32,36)(H,33,35)/t19-,20+,21+,25+,26-/m1/s1. The number of hydrogen-bond acceptors (Lipinski definition) is 6. The largest absolute Gasteiger partial charge is 0.348 e. The van der Waals surface area contributed by atoms with E-state index in [9.17, 15) is 14.4 Å². The smallest absolute Gasteiger partial charge is 0.246 e. The maximum absolute atomic E-state index is 14.1. The van der Waals surface area contributed by atoms with Gasteiger partial charge in [0.1, 0.15) is 12.1 Å². The zero-order chi connectivity index (χ0) is 28.7. The fraction of sp³-hybridized carbons (Fsp3) is 0.500. The summed E-state index contributed by atoms with van der Waals surface area (Å²) in [6, 6.07) is 15.7. The van der Waals surface area contributed by atoms with E-state index < -0.39 is 23.5 Å². The minimum Gasteiger partial charge on any atom is -0.348 e. The van der Waals surface area contributed by atoms with E-state index in [1.54, 1.807) is 30.6 Å². The Kier molecular flexibility index (Phi) is 10.9. The van der Waals surface area contributed by atoms with Crippen molar-refractivity contribution >= 4 is 42.1 Å². The molecule has 0 radical (unpaired) electrons. The third-order valence-electron chi connectivity index (χ3n) is 7.16. The second-order valence-corrected chi connectivity index (χ2v) is 13.0. The maximum atomic E-state index is 14.1. The fourth-order valence-corrected chi connectivity index (χ4v) is 6.04. The Morgan fingerprint density at radius 3 is 2.36 bits per heavy atom. The van der Waals surface area contributed by atoms with Crippen LogP contribution < -0.4 is 16.0 Å². The summed E-state index contributed by atoms with van der Waals surface area (Å²) in [5.74, 6) is 0.242. The summed E-state index contributed by atoms with van der Waals surface area (Å²) in [6.45, 7) is 9.95. The molecule has 9 heteroatoms. The number of benzene rings is 2. The van der Waals surface area contributed by atoms with E-state index in [-0.39, 0.29) is 29.7 Å². The number of rotatable bonds is 10. The number of hydrogen-bond donors (Lipinski definition) is 4. The van der Waals surface area contributed by atoms with E-state index in [4.69, 9.17) is 0 Å². The van der Waals surface area contributed by atoms with Crippen molar-refractivity contribution in [1.29, 1.82) is 0 Å². The maximum Gasteiger partial charge on any atom is 0.246 e. The predicted octanol–water partition coefficient (Wildman–Crippen LogP) is 4.30. The summed E-state index contributed by atoms with van der Waals surface area (Å²) in [6.07, 6.45) is 0.560. The van der Waals surface area contributed by atoms with Crippen molar-refractivity contribution in [2.45, 2.75) is 75.0 Å². The Balaban J connectivity index is 1.82. The second kappa shape index (κ2) is 13.7. The molecule has 1 aliphatic heterocycles. The van der Waals surface area contributed by atoms with Gasteiger partial charge in [-0.05, 0) is 62.4 Å². The molecular weight excluding hydrogens is 528 g/mol. The lowest BCUT2D eigenvalue weighted by Gasteiger charge is -2.36. The van der Waals surface area contributed by atoms with E-state index in [1.807, 2.05) is 82.3 Å². The lowest BCUT2D eigenvalue weighted by Crippen LogP contribution is -2.59. The van der Waals surface area contributed by atoms with Crippen molar-refractivity contribution < 1.29 is 14.4 Å². The first kappa shape index (κ1) is 31.0. The first-order chi connectivity index (χ1) is 18.4. The average molecular weight is 571 g/mol. The van der Waals surface area contributed by atoms with Gasteiger partial charge < -0.3 is 20.9 Å². The van der Waals surface area contributed by atoms with Crippen LogP contribution in [-0.4, -0.2) is 60.1 Å². The van der Waals surface area contributed by atoms with Crippen molar-refractivity contribution in [2.24, 2.45) is 11.3 Å². The van der Waals surface area contributed by atoms with Gasteiger partial charge in [-0.3, -0.25) is 14.4 Å².